The Bertz CT molecular complexity index is 880. The number of aromatic nitrogens is 1. The first-order valence-electron chi connectivity index (χ1n) is 8.02. The maximum absolute atomic E-state index is 12.6. The van der Waals surface area contributed by atoms with E-state index >= 15 is 0 Å². The topological polar surface area (TPSA) is 75.5 Å². The summed E-state index contributed by atoms with van der Waals surface area (Å²) < 4.78 is 47.2. The number of hydrogen-bond acceptors (Lipinski definition) is 5. The highest BCUT2D eigenvalue weighted by molar-refractivity contribution is 5.97. The zero-order chi connectivity index (χ0) is 19.4. The lowest BCUT2D eigenvalue weighted by molar-refractivity contribution is -0.274. The third-order valence-corrected chi connectivity index (χ3v) is 3.93. The van der Waals surface area contributed by atoms with Gasteiger partial charge in [-0.05, 0) is 18.2 Å². The highest BCUT2D eigenvalue weighted by atomic mass is 19.4. The monoisotopic (exact) mass is 377 g/mol. The van der Waals surface area contributed by atoms with Crippen molar-refractivity contribution in [1.82, 2.24) is 9.88 Å². The van der Waals surface area contributed by atoms with Crippen molar-refractivity contribution in [2.24, 2.45) is 0 Å². The van der Waals surface area contributed by atoms with Gasteiger partial charge in [-0.2, -0.15) is 5.26 Å². The van der Waals surface area contributed by atoms with E-state index in [0.717, 1.165) is 6.07 Å². The number of halogens is 3. The normalized spacial score (nSPS) is 16.7. The molecule has 1 aromatic carbocycles. The molecule has 1 amide bonds. The van der Waals surface area contributed by atoms with Crippen molar-refractivity contribution in [3.05, 3.63) is 53.7 Å². The molecule has 0 spiro atoms. The molecule has 0 aliphatic carbocycles. The summed E-state index contributed by atoms with van der Waals surface area (Å²) >= 11 is 0. The first-order valence-corrected chi connectivity index (χ1v) is 8.02. The van der Waals surface area contributed by atoms with Crippen molar-refractivity contribution in [1.29, 1.82) is 5.26 Å². The van der Waals surface area contributed by atoms with E-state index in [2.05, 4.69) is 9.72 Å². The molecule has 1 unspecified atom stereocenters. The minimum atomic E-state index is -4.88. The van der Waals surface area contributed by atoms with E-state index in [1.54, 1.807) is 0 Å². The summed E-state index contributed by atoms with van der Waals surface area (Å²) in [5, 5.41) is 8.89. The zero-order valence-corrected chi connectivity index (χ0v) is 13.9. The Balaban J connectivity index is 1.68. The molecule has 9 heteroatoms. The highest BCUT2D eigenvalue weighted by Gasteiger charge is 2.35. The SMILES string of the molecule is N#Cc1ccnc(OC2CCN(C(=O)c3ccccc3OC(F)(F)F)C2)c1. The summed E-state index contributed by atoms with van der Waals surface area (Å²) in [4.78, 5) is 18.0. The molecule has 0 radical (unpaired) electrons. The van der Waals surface area contributed by atoms with Crippen molar-refractivity contribution in [3.63, 3.8) is 0 Å². The average Bonchev–Trinajstić information content (AvgIpc) is 3.09. The van der Waals surface area contributed by atoms with Crippen molar-refractivity contribution in [2.45, 2.75) is 18.9 Å². The quantitative estimate of drug-likeness (QED) is 0.818. The predicted octanol–water partition coefficient (Wildman–Crippen LogP) is 3.15. The Kier molecular flexibility index (Phi) is 5.16. The Morgan fingerprint density at radius 2 is 2.07 bits per heavy atom. The molecule has 3 rings (SSSR count). The number of pyridine rings is 1. The summed E-state index contributed by atoms with van der Waals surface area (Å²) in [5.41, 5.74) is 0.226. The van der Waals surface area contributed by atoms with Crippen LogP contribution in [-0.4, -0.2) is 41.3 Å². The van der Waals surface area contributed by atoms with Crippen molar-refractivity contribution >= 4 is 5.91 Å². The van der Waals surface area contributed by atoms with Crippen LogP contribution in [-0.2, 0) is 0 Å². The Morgan fingerprint density at radius 3 is 2.81 bits per heavy atom. The van der Waals surface area contributed by atoms with Gasteiger partial charge in [0.2, 0.25) is 5.88 Å². The number of carbonyl (C=O) groups is 1. The van der Waals surface area contributed by atoms with Gasteiger partial charge in [-0.15, -0.1) is 13.2 Å². The summed E-state index contributed by atoms with van der Waals surface area (Å²) in [6, 6.07) is 10.2. The molecule has 1 aliphatic rings. The van der Waals surface area contributed by atoms with Crippen LogP contribution < -0.4 is 9.47 Å². The standard InChI is InChI=1S/C18H14F3N3O3/c19-18(20,21)27-15-4-2-1-3-14(15)17(25)24-8-6-13(11-24)26-16-9-12(10-22)5-7-23-16/h1-5,7,9,13H,6,8,11H2. The molecule has 1 saturated heterocycles. The number of alkyl halides is 3. The summed E-state index contributed by atoms with van der Waals surface area (Å²) in [5.74, 6) is -0.850. The van der Waals surface area contributed by atoms with Gasteiger partial charge >= 0.3 is 6.36 Å². The van der Waals surface area contributed by atoms with Crippen LogP contribution in [0.4, 0.5) is 13.2 Å². The largest absolute Gasteiger partial charge is 0.573 e. The van der Waals surface area contributed by atoms with E-state index in [-0.39, 0.29) is 24.1 Å². The fraction of sp³-hybridized carbons (Fsp3) is 0.278. The van der Waals surface area contributed by atoms with Gasteiger partial charge in [0.25, 0.3) is 5.91 Å². The Morgan fingerprint density at radius 1 is 1.30 bits per heavy atom. The number of rotatable bonds is 4. The Labute approximate surface area is 152 Å². The summed E-state index contributed by atoms with van der Waals surface area (Å²) in [7, 11) is 0. The molecule has 0 bridgehead atoms. The van der Waals surface area contributed by atoms with Crippen LogP contribution in [0.5, 0.6) is 11.6 Å². The molecule has 140 valence electrons. The van der Waals surface area contributed by atoms with Gasteiger partial charge in [0.05, 0.1) is 23.7 Å². The van der Waals surface area contributed by atoms with Crippen LogP contribution in [0.2, 0.25) is 0 Å². The van der Waals surface area contributed by atoms with E-state index in [1.165, 1.54) is 41.4 Å². The first-order chi connectivity index (χ1) is 12.9. The predicted molar refractivity (Wildman–Crippen MR) is 87.0 cm³/mol. The number of amides is 1. The molecule has 1 aliphatic heterocycles. The second kappa shape index (κ2) is 7.53. The molecule has 2 aromatic rings. The molecular formula is C18H14F3N3O3. The number of ether oxygens (including phenoxy) is 2. The molecule has 2 heterocycles. The minimum Gasteiger partial charge on any atom is -0.472 e. The maximum Gasteiger partial charge on any atom is 0.573 e. The van der Waals surface area contributed by atoms with E-state index < -0.39 is 18.0 Å². The van der Waals surface area contributed by atoms with Crippen LogP contribution in [0, 0.1) is 11.3 Å². The molecular weight excluding hydrogens is 363 g/mol. The number of hydrogen-bond donors (Lipinski definition) is 0. The minimum absolute atomic E-state index is 0.167. The van der Waals surface area contributed by atoms with Gasteiger partial charge in [0.1, 0.15) is 11.9 Å². The van der Waals surface area contributed by atoms with Crippen LogP contribution in [0.15, 0.2) is 42.6 Å². The van der Waals surface area contributed by atoms with Crippen LogP contribution in [0.1, 0.15) is 22.3 Å². The molecule has 6 nitrogen and oxygen atoms in total. The lowest BCUT2D eigenvalue weighted by atomic mass is 10.2. The first kappa shape index (κ1) is 18.5. The molecule has 1 atom stereocenters. The van der Waals surface area contributed by atoms with Crippen LogP contribution >= 0.6 is 0 Å². The average molecular weight is 377 g/mol. The highest BCUT2D eigenvalue weighted by Crippen LogP contribution is 2.28. The van der Waals surface area contributed by atoms with Gasteiger partial charge in [-0.1, -0.05) is 12.1 Å². The Hall–Kier alpha value is -3.28. The van der Waals surface area contributed by atoms with E-state index in [4.69, 9.17) is 10.00 Å². The lowest BCUT2D eigenvalue weighted by Crippen LogP contribution is -2.32. The number of benzene rings is 1. The fourth-order valence-corrected chi connectivity index (χ4v) is 2.75. The van der Waals surface area contributed by atoms with Crippen molar-refractivity contribution in [3.8, 4) is 17.7 Å². The van der Waals surface area contributed by atoms with E-state index in [9.17, 15) is 18.0 Å². The molecule has 0 N–H and O–H groups in total. The van der Waals surface area contributed by atoms with Crippen molar-refractivity contribution < 1.29 is 27.4 Å². The van der Waals surface area contributed by atoms with Crippen LogP contribution in [0.25, 0.3) is 0 Å². The van der Waals surface area contributed by atoms with Gasteiger partial charge in [0, 0.05) is 25.2 Å². The second-order valence-electron chi connectivity index (χ2n) is 5.82. The molecule has 0 saturated carbocycles. The molecule has 1 fully saturated rings. The van der Waals surface area contributed by atoms with E-state index in [1.807, 2.05) is 6.07 Å². The van der Waals surface area contributed by atoms with Crippen LogP contribution in [0.3, 0.4) is 0 Å². The summed E-state index contributed by atoms with van der Waals surface area (Å²) in [6.45, 7) is 0.513. The number of nitrogens with zero attached hydrogens (tertiary/aromatic N) is 3. The number of para-hydroxylation sites is 1. The van der Waals surface area contributed by atoms with Gasteiger partial charge in [-0.3, -0.25) is 4.79 Å². The van der Waals surface area contributed by atoms with Gasteiger partial charge in [0.15, 0.2) is 0 Å². The number of likely N-dealkylation sites (tertiary alicyclic amines) is 1. The maximum atomic E-state index is 12.6. The second-order valence-corrected chi connectivity index (χ2v) is 5.82. The lowest BCUT2D eigenvalue weighted by Gasteiger charge is -2.19. The smallest absolute Gasteiger partial charge is 0.472 e. The third-order valence-electron chi connectivity index (χ3n) is 3.93. The molecule has 27 heavy (non-hydrogen) atoms. The summed E-state index contributed by atoms with van der Waals surface area (Å²) in [6.07, 6.45) is -3.32. The number of carbonyl (C=O) groups excluding carboxylic acids is 1. The zero-order valence-electron chi connectivity index (χ0n) is 13.9. The van der Waals surface area contributed by atoms with Gasteiger partial charge < -0.3 is 14.4 Å². The third kappa shape index (κ3) is 4.67. The fourth-order valence-electron chi connectivity index (χ4n) is 2.75. The molecule has 1 aromatic heterocycles. The number of nitriles is 1. The van der Waals surface area contributed by atoms with Crippen molar-refractivity contribution in [2.75, 3.05) is 13.1 Å². The van der Waals surface area contributed by atoms with E-state index in [0.29, 0.717) is 18.5 Å². The van der Waals surface area contributed by atoms with Gasteiger partial charge in [-0.25, -0.2) is 4.98 Å².